The normalized spacial score (nSPS) is 10.3. The van der Waals surface area contributed by atoms with Gasteiger partial charge in [0.2, 0.25) is 0 Å². The predicted molar refractivity (Wildman–Crippen MR) is 75.6 cm³/mol. The topological polar surface area (TPSA) is 86.8 Å². The Hall–Kier alpha value is -2.44. The minimum absolute atomic E-state index is 0.0898. The van der Waals surface area contributed by atoms with E-state index in [1.165, 1.54) is 6.33 Å². The van der Waals surface area contributed by atoms with Crippen LogP contribution in [0, 0.1) is 0 Å². The minimum Gasteiger partial charge on any atom is -0.363 e. The number of H-pyrrole nitrogens is 1. The van der Waals surface area contributed by atoms with E-state index in [1.54, 1.807) is 18.3 Å². The molecule has 2 heterocycles. The molecular weight excluding hydrogens is 256 g/mol. The molecule has 0 radical (unpaired) electrons. The molecular formula is C13H18N6O. The zero-order valence-corrected chi connectivity index (χ0v) is 11.6. The Morgan fingerprint density at radius 2 is 2.25 bits per heavy atom. The van der Waals surface area contributed by atoms with Crippen LogP contribution in [0.1, 0.15) is 22.6 Å². The lowest BCUT2D eigenvalue weighted by Crippen LogP contribution is -2.25. The summed E-state index contributed by atoms with van der Waals surface area (Å²) in [5.41, 5.74) is 0.614. The molecule has 2 rings (SSSR count). The van der Waals surface area contributed by atoms with Crippen LogP contribution >= 0.6 is 0 Å². The standard InChI is InChI=1S/C13H18N6O/c1-19(2)12-8-10(5-7-14-12)13(20)15-6-3-4-11-16-9-17-18-11/h5,7-9H,3-4,6H2,1-2H3,(H,15,20)(H,16,17,18). The van der Waals surface area contributed by atoms with Crippen molar-refractivity contribution < 1.29 is 4.79 Å². The Kier molecular flexibility index (Phi) is 4.65. The zero-order chi connectivity index (χ0) is 14.4. The maximum atomic E-state index is 12.0. The number of pyridine rings is 1. The van der Waals surface area contributed by atoms with Crippen LogP contribution in [-0.2, 0) is 6.42 Å². The summed E-state index contributed by atoms with van der Waals surface area (Å²) in [5, 5.41) is 9.44. The number of anilines is 1. The van der Waals surface area contributed by atoms with Gasteiger partial charge >= 0.3 is 0 Å². The second-order valence-corrected chi connectivity index (χ2v) is 4.59. The van der Waals surface area contributed by atoms with E-state index in [0.29, 0.717) is 12.1 Å². The van der Waals surface area contributed by atoms with Crippen LogP contribution in [0.25, 0.3) is 0 Å². The molecule has 0 unspecified atom stereocenters. The minimum atomic E-state index is -0.0898. The molecule has 2 aromatic rings. The quantitative estimate of drug-likeness (QED) is 0.754. The molecule has 0 aromatic carbocycles. The first-order valence-electron chi connectivity index (χ1n) is 6.42. The first-order valence-corrected chi connectivity index (χ1v) is 6.42. The van der Waals surface area contributed by atoms with Crippen LogP contribution in [-0.4, -0.2) is 46.7 Å². The third-order valence-corrected chi connectivity index (χ3v) is 2.81. The van der Waals surface area contributed by atoms with Gasteiger partial charge < -0.3 is 10.2 Å². The van der Waals surface area contributed by atoms with Gasteiger partial charge in [-0.3, -0.25) is 9.89 Å². The van der Waals surface area contributed by atoms with Crippen LogP contribution in [0.4, 0.5) is 5.82 Å². The highest BCUT2D eigenvalue weighted by atomic mass is 16.1. The van der Waals surface area contributed by atoms with Crippen molar-refractivity contribution in [2.24, 2.45) is 0 Å². The molecule has 2 aromatic heterocycles. The molecule has 7 heteroatoms. The first kappa shape index (κ1) is 14.0. The lowest BCUT2D eigenvalue weighted by Gasteiger charge is -2.12. The van der Waals surface area contributed by atoms with E-state index in [-0.39, 0.29) is 5.91 Å². The number of nitrogens with zero attached hydrogens (tertiary/aromatic N) is 4. The van der Waals surface area contributed by atoms with Crippen LogP contribution in [0.3, 0.4) is 0 Å². The van der Waals surface area contributed by atoms with Gasteiger partial charge in [-0.25, -0.2) is 9.97 Å². The van der Waals surface area contributed by atoms with Gasteiger partial charge in [0.05, 0.1) is 0 Å². The number of hydrogen-bond donors (Lipinski definition) is 2. The van der Waals surface area contributed by atoms with E-state index in [9.17, 15) is 4.79 Å². The predicted octanol–water partition coefficient (Wildman–Crippen LogP) is 0.628. The fourth-order valence-corrected chi connectivity index (χ4v) is 1.72. The van der Waals surface area contributed by atoms with Crippen molar-refractivity contribution in [1.29, 1.82) is 0 Å². The van der Waals surface area contributed by atoms with Crippen molar-refractivity contribution in [1.82, 2.24) is 25.5 Å². The largest absolute Gasteiger partial charge is 0.363 e. The fraction of sp³-hybridized carbons (Fsp3) is 0.385. The molecule has 0 aliphatic carbocycles. The van der Waals surface area contributed by atoms with Gasteiger partial charge in [-0.05, 0) is 18.6 Å². The van der Waals surface area contributed by atoms with Crippen LogP contribution in [0.2, 0.25) is 0 Å². The number of hydrogen-bond acceptors (Lipinski definition) is 5. The smallest absolute Gasteiger partial charge is 0.251 e. The van der Waals surface area contributed by atoms with Crippen LogP contribution in [0.5, 0.6) is 0 Å². The number of carbonyl (C=O) groups excluding carboxylic acids is 1. The average molecular weight is 274 g/mol. The lowest BCUT2D eigenvalue weighted by atomic mass is 10.2. The summed E-state index contributed by atoms with van der Waals surface area (Å²) < 4.78 is 0. The molecule has 0 saturated carbocycles. The Balaban J connectivity index is 1.81. The highest BCUT2D eigenvalue weighted by Gasteiger charge is 2.07. The number of aryl methyl sites for hydroxylation is 1. The zero-order valence-electron chi connectivity index (χ0n) is 11.6. The highest BCUT2D eigenvalue weighted by molar-refractivity contribution is 5.94. The Labute approximate surface area is 117 Å². The van der Waals surface area contributed by atoms with E-state index in [4.69, 9.17) is 0 Å². The van der Waals surface area contributed by atoms with Gasteiger partial charge in [-0.15, -0.1) is 0 Å². The van der Waals surface area contributed by atoms with Crippen molar-refractivity contribution in [3.63, 3.8) is 0 Å². The SMILES string of the molecule is CN(C)c1cc(C(=O)NCCCc2ncn[nH]2)ccn1. The molecule has 0 atom stereocenters. The van der Waals surface area contributed by atoms with Crippen molar-refractivity contribution in [2.45, 2.75) is 12.8 Å². The van der Waals surface area contributed by atoms with Crippen molar-refractivity contribution in [3.8, 4) is 0 Å². The van der Waals surface area contributed by atoms with E-state index in [1.807, 2.05) is 19.0 Å². The lowest BCUT2D eigenvalue weighted by molar-refractivity contribution is 0.0953. The molecule has 1 amide bonds. The summed E-state index contributed by atoms with van der Waals surface area (Å²) >= 11 is 0. The van der Waals surface area contributed by atoms with Crippen molar-refractivity contribution >= 4 is 11.7 Å². The van der Waals surface area contributed by atoms with Gasteiger partial charge in [0.1, 0.15) is 18.0 Å². The Morgan fingerprint density at radius 1 is 1.40 bits per heavy atom. The molecule has 7 nitrogen and oxygen atoms in total. The monoisotopic (exact) mass is 274 g/mol. The number of aromatic amines is 1. The average Bonchev–Trinajstić information content (AvgIpc) is 2.96. The van der Waals surface area contributed by atoms with Gasteiger partial charge in [0.25, 0.3) is 5.91 Å². The Morgan fingerprint density at radius 3 is 2.95 bits per heavy atom. The maximum absolute atomic E-state index is 12.0. The van der Waals surface area contributed by atoms with E-state index >= 15 is 0 Å². The molecule has 0 spiro atoms. The number of amides is 1. The van der Waals surface area contributed by atoms with Gasteiger partial charge in [0, 0.05) is 38.8 Å². The van der Waals surface area contributed by atoms with Gasteiger partial charge in [-0.2, -0.15) is 5.10 Å². The Bertz CT molecular complexity index is 552. The second kappa shape index (κ2) is 6.65. The van der Waals surface area contributed by atoms with Crippen molar-refractivity contribution in [2.75, 3.05) is 25.5 Å². The second-order valence-electron chi connectivity index (χ2n) is 4.59. The van der Waals surface area contributed by atoms with Crippen LogP contribution in [0.15, 0.2) is 24.7 Å². The molecule has 2 N–H and O–H groups in total. The first-order chi connectivity index (χ1) is 9.66. The summed E-state index contributed by atoms with van der Waals surface area (Å²) in [7, 11) is 3.78. The fourth-order valence-electron chi connectivity index (χ4n) is 1.72. The van der Waals surface area contributed by atoms with Crippen LogP contribution < -0.4 is 10.2 Å². The maximum Gasteiger partial charge on any atom is 0.251 e. The number of carbonyl (C=O) groups is 1. The molecule has 20 heavy (non-hydrogen) atoms. The van der Waals surface area contributed by atoms with Gasteiger partial charge in [-0.1, -0.05) is 0 Å². The molecule has 106 valence electrons. The van der Waals surface area contributed by atoms with Gasteiger partial charge in [0.15, 0.2) is 0 Å². The van der Waals surface area contributed by atoms with E-state index < -0.39 is 0 Å². The summed E-state index contributed by atoms with van der Waals surface area (Å²) in [5.74, 6) is 1.51. The number of rotatable bonds is 6. The summed E-state index contributed by atoms with van der Waals surface area (Å²) in [6.07, 6.45) is 4.69. The van der Waals surface area contributed by atoms with Crippen molar-refractivity contribution in [3.05, 3.63) is 36.0 Å². The number of aromatic nitrogens is 4. The summed E-state index contributed by atoms with van der Waals surface area (Å²) in [4.78, 5) is 22.1. The summed E-state index contributed by atoms with van der Waals surface area (Å²) in [6, 6.07) is 3.48. The molecule has 0 aliphatic heterocycles. The molecule has 0 bridgehead atoms. The number of nitrogens with one attached hydrogen (secondary N) is 2. The molecule has 0 fully saturated rings. The molecule has 0 saturated heterocycles. The van der Waals surface area contributed by atoms with E-state index in [0.717, 1.165) is 24.5 Å². The third-order valence-electron chi connectivity index (χ3n) is 2.81. The summed E-state index contributed by atoms with van der Waals surface area (Å²) in [6.45, 7) is 0.596. The van der Waals surface area contributed by atoms with E-state index in [2.05, 4.69) is 25.5 Å². The molecule has 0 aliphatic rings. The third kappa shape index (κ3) is 3.78. The highest BCUT2D eigenvalue weighted by Crippen LogP contribution is 2.09.